The van der Waals surface area contributed by atoms with Gasteiger partial charge in [-0.2, -0.15) is 0 Å². The van der Waals surface area contributed by atoms with Gasteiger partial charge < -0.3 is 10.2 Å². The molecule has 1 aromatic rings. The number of benzene rings is 1. The molecular formula is C16H21ClN2O2. The molecule has 1 aliphatic rings. The summed E-state index contributed by atoms with van der Waals surface area (Å²) in [5.74, 6) is 0.118. The standard InChI is InChI=1S/C16H21ClN2O2/c1-3-11(4-2)16(21)18-13-9-15(20)19(10-13)14-7-5-12(17)6-8-14/h5-8,11,13H,3-4,9-10H2,1-2H3,(H,18,21). The first-order valence-electron chi connectivity index (χ1n) is 7.41. The minimum absolute atomic E-state index is 0.0321. The third-order valence-electron chi connectivity index (χ3n) is 3.97. The van der Waals surface area contributed by atoms with Gasteiger partial charge in [-0.25, -0.2) is 0 Å². The van der Waals surface area contributed by atoms with Crippen molar-refractivity contribution in [1.29, 1.82) is 0 Å². The fraction of sp³-hybridized carbons (Fsp3) is 0.500. The van der Waals surface area contributed by atoms with Gasteiger partial charge >= 0.3 is 0 Å². The smallest absolute Gasteiger partial charge is 0.229 e. The summed E-state index contributed by atoms with van der Waals surface area (Å²) in [6, 6.07) is 7.07. The molecule has 21 heavy (non-hydrogen) atoms. The van der Waals surface area contributed by atoms with Crippen molar-refractivity contribution in [3.05, 3.63) is 29.3 Å². The van der Waals surface area contributed by atoms with Crippen molar-refractivity contribution < 1.29 is 9.59 Å². The van der Waals surface area contributed by atoms with Crippen molar-refractivity contribution in [2.24, 2.45) is 5.92 Å². The molecule has 0 radical (unpaired) electrons. The fourth-order valence-corrected chi connectivity index (χ4v) is 2.78. The van der Waals surface area contributed by atoms with E-state index in [2.05, 4.69) is 5.32 Å². The number of carbonyl (C=O) groups excluding carboxylic acids is 2. The highest BCUT2D eigenvalue weighted by Gasteiger charge is 2.32. The molecule has 0 saturated carbocycles. The van der Waals surface area contributed by atoms with E-state index in [9.17, 15) is 9.59 Å². The van der Waals surface area contributed by atoms with Crippen LogP contribution in [0.1, 0.15) is 33.1 Å². The summed E-state index contributed by atoms with van der Waals surface area (Å²) in [5, 5.41) is 3.64. The third kappa shape index (κ3) is 3.76. The Kier molecular flexibility index (Phi) is 5.23. The highest BCUT2D eigenvalue weighted by Crippen LogP contribution is 2.23. The number of hydrogen-bond donors (Lipinski definition) is 1. The van der Waals surface area contributed by atoms with Gasteiger partial charge in [-0.1, -0.05) is 25.4 Å². The maximum absolute atomic E-state index is 12.1. The normalized spacial score (nSPS) is 18.4. The number of amides is 2. The van der Waals surface area contributed by atoms with E-state index >= 15 is 0 Å². The van der Waals surface area contributed by atoms with Crippen LogP contribution in [0.15, 0.2) is 24.3 Å². The van der Waals surface area contributed by atoms with Gasteiger partial charge in [0.25, 0.3) is 0 Å². The Morgan fingerprint density at radius 3 is 2.52 bits per heavy atom. The van der Waals surface area contributed by atoms with E-state index in [1.54, 1.807) is 17.0 Å². The lowest BCUT2D eigenvalue weighted by Crippen LogP contribution is -2.40. The van der Waals surface area contributed by atoms with E-state index in [1.165, 1.54) is 0 Å². The summed E-state index contributed by atoms with van der Waals surface area (Å²) in [4.78, 5) is 25.9. The Bertz CT molecular complexity index is 512. The van der Waals surface area contributed by atoms with Crippen molar-refractivity contribution in [3.8, 4) is 0 Å². The SMILES string of the molecule is CCC(CC)C(=O)NC1CC(=O)N(c2ccc(Cl)cc2)C1. The van der Waals surface area contributed by atoms with Crippen molar-refractivity contribution >= 4 is 29.1 Å². The van der Waals surface area contributed by atoms with Crippen molar-refractivity contribution in [2.75, 3.05) is 11.4 Å². The predicted octanol–water partition coefficient (Wildman–Crippen LogP) is 3.00. The lowest BCUT2D eigenvalue weighted by molar-refractivity contribution is -0.125. The molecule has 1 aliphatic heterocycles. The summed E-state index contributed by atoms with van der Waals surface area (Å²) in [6.07, 6.45) is 2.00. The van der Waals surface area contributed by atoms with Gasteiger partial charge in [-0.15, -0.1) is 0 Å². The molecule has 1 aromatic carbocycles. The number of rotatable bonds is 5. The Hall–Kier alpha value is -1.55. The van der Waals surface area contributed by atoms with Gasteiger partial charge in [-0.3, -0.25) is 9.59 Å². The lowest BCUT2D eigenvalue weighted by Gasteiger charge is -2.19. The number of anilines is 1. The van der Waals surface area contributed by atoms with Crippen LogP contribution in [-0.2, 0) is 9.59 Å². The molecule has 4 nitrogen and oxygen atoms in total. The van der Waals surface area contributed by atoms with E-state index in [4.69, 9.17) is 11.6 Å². The maximum Gasteiger partial charge on any atom is 0.229 e. The molecule has 2 rings (SSSR count). The van der Waals surface area contributed by atoms with E-state index in [0.717, 1.165) is 18.5 Å². The van der Waals surface area contributed by atoms with Crippen molar-refractivity contribution in [2.45, 2.75) is 39.2 Å². The van der Waals surface area contributed by atoms with Crippen LogP contribution < -0.4 is 10.2 Å². The first-order valence-corrected chi connectivity index (χ1v) is 7.79. The molecule has 1 fully saturated rings. The van der Waals surface area contributed by atoms with E-state index in [-0.39, 0.29) is 23.8 Å². The largest absolute Gasteiger partial charge is 0.351 e. The third-order valence-corrected chi connectivity index (χ3v) is 4.22. The monoisotopic (exact) mass is 308 g/mol. The van der Waals surface area contributed by atoms with Crippen molar-refractivity contribution in [3.63, 3.8) is 0 Å². The van der Waals surface area contributed by atoms with E-state index in [0.29, 0.717) is 18.0 Å². The quantitative estimate of drug-likeness (QED) is 0.909. The summed E-state index contributed by atoms with van der Waals surface area (Å²) in [7, 11) is 0. The first-order chi connectivity index (χ1) is 10.0. The van der Waals surface area contributed by atoms with Crippen LogP contribution in [-0.4, -0.2) is 24.4 Å². The topological polar surface area (TPSA) is 49.4 Å². The molecule has 1 heterocycles. The minimum Gasteiger partial charge on any atom is -0.351 e. The number of carbonyl (C=O) groups is 2. The van der Waals surface area contributed by atoms with Gasteiger partial charge in [-0.05, 0) is 37.1 Å². The van der Waals surface area contributed by atoms with Gasteiger partial charge in [0, 0.05) is 29.6 Å². The second kappa shape index (κ2) is 6.94. The summed E-state index contributed by atoms with van der Waals surface area (Å²) < 4.78 is 0. The van der Waals surface area contributed by atoms with Crippen LogP contribution in [0, 0.1) is 5.92 Å². The Morgan fingerprint density at radius 1 is 1.33 bits per heavy atom. The molecule has 2 amide bonds. The predicted molar refractivity (Wildman–Crippen MR) is 84.4 cm³/mol. The van der Waals surface area contributed by atoms with Crippen LogP contribution in [0.4, 0.5) is 5.69 Å². The van der Waals surface area contributed by atoms with Gasteiger partial charge in [0.2, 0.25) is 11.8 Å². The summed E-state index contributed by atoms with van der Waals surface area (Å²) >= 11 is 5.86. The molecule has 0 spiro atoms. The molecule has 5 heteroatoms. The zero-order valence-electron chi connectivity index (χ0n) is 12.4. The highest BCUT2D eigenvalue weighted by molar-refractivity contribution is 6.30. The number of hydrogen-bond acceptors (Lipinski definition) is 2. The summed E-state index contributed by atoms with van der Waals surface area (Å²) in [5.41, 5.74) is 0.823. The summed E-state index contributed by atoms with van der Waals surface area (Å²) in [6.45, 7) is 4.54. The van der Waals surface area contributed by atoms with E-state index in [1.807, 2.05) is 26.0 Å². The Morgan fingerprint density at radius 2 is 1.95 bits per heavy atom. The zero-order chi connectivity index (χ0) is 15.4. The molecule has 1 atom stereocenters. The molecular weight excluding hydrogens is 288 g/mol. The molecule has 114 valence electrons. The van der Waals surface area contributed by atoms with E-state index < -0.39 is 0 Å². The fourth-order valence-electron chi connectivity index (χ4n) is 2.65. The molecule has 1 N–H and O–H groups in total. The maximum atomic E-state index is 12.1. The molecule has 0 bridgehead atoms. The van der Waals surface area contributed by atoms with Gasteiger partial charge in [0.1, 0.15) is 0 Å². The zero-order valence-corrected chi connectivity index (χ0v) is 13.2. The van der Waals surface area contributed by atoms with Crippen LogP contribution in [0.5, 0.6) is 0 Å². The first kappa shape index (κ1) is 15.8. The minimum atomic E-state index is -0.110. The molecule has 1 unspecified atom stereocenters. The molecule has 0 aliphatic carbocycles. The average Bonchev–Trinajstić information content (AvgIpc) is 2.81. The number of nitrogens with one attached hydrogen (secondary N) is 1. The van der Waals surface area contributed by atoms with Gasteiger partial charge in [0.05, 0.1) is 6.04 Å². The second-order valence-electron chi connectivity index (χ2n) is 5.40. The Labute approximate surface area is 130 Å². The highest BCUT2D eigenvalue weighted by atomic mass is 35.5. The number of halogens is 1. The van der Waals surface area contributed by atoms with Crippen LogP contribution in [0.2, 0.25) is 5.02 Å². The lowest BCUT2D eigenvalue weighted by atomic mass is 10.0. The van der Waals surface area contributed by atoms with Crippen molar-refractivity contribution in [1.82, 2.24) is 5.32 Å². The second-order valence-corrected chi connectivity index (χ2v) is 5.84. The number of nitrogens with zero attached hydrogens (tertiary/aromatic N) is 1. The van der Waals surface area contributed by atoms with Gasteiger partial charge in [0.15, 0.2) is 0 Å². The average molecular weight is 309 g/mol. The van der Waals surface area contributed by atoms with Crippen LogP contribution >= 0.6 is 11.6 Å². The Balaban J connectivity index is 1.99. The molecule has 1 saturated heterocycles. The van der Waals surface area contributed by atoms with Crippen LogP contribution in [0.3, 0.4) is 0 Å². The molecule has 0 aromatic heterocycles. The van der Waals surface area contributed by atoms with Crippen LogP contribution in [0.25, 0.3) is 0 Å².